The standard InChI is InChI=1S/C15H21N3/c1-14(8-9-15-6-3-2-4-7-15)16-11-13-18-12-5-10-17-18/h2-7,10,12,14,16H,8-9,11,13H2,1H3/t14-/m0/s1. The second-order valence-corrected chi connectivity index (χ2v) is 4.65. The highest BCUT2D eigenvalue weighted by molar-refractivity contribution is 5.14. The molecule has 1 aromatic carbocycles. The summed E-state index contributed by atoms with van der Waals surface area (Å²) < 4.78 is 1.96. The number of aromatic nitrogens is 2. The second-order valence-electron chi connectivity index (χ2n) is 4.65. The van der Waals surface area contributed by atoms with E-state index in [0.29, 0.717) is 6.04 Å². The first-order chi connectivity index (χ1) is 8.84. The Labute approximate surface area is 109 Å². The highest BCUT2D eigenvalue weighted by Crippen LogP contribution is 2.04. The number of hydrogen-bond donors (Lipinski definition) is 1. The van der Waals surface area contributed by atoms with E-state index in [-0.39, 0.29) is 0 Å². The predicted molar refractivity (Wildman–Crippen MR) is 74.5 cm³/mol. The van der Waals surface area contributed by atoms with Crippen molar-refractivity contribution in [1.29, 1.82) is 0 Å². The van der Waals surface area contributed by atoms with Gasteiger partial charge in [0.15, 0.2) is 0 Å². The van der Waals surface area contributed by atoms with Gasteiger partial charge in [-0.15, -0.1) is 0 Å². The molecule has 96 valence electrons. The Morgan fingerprint density at radius 3 is 2.78 bits per heavy atom. The van der Waals surface area contributed by atoms with E-state index in [1.165, 1.54) is 12.0 Å². The monoisotopic (exact) mass is 243 g/mol. The maximum atomic E-state index is 4.18. The van der Waals surface area contributed by atoms with E-state index in [1.54, 1.807) is 0 Å². The molecule has 1 aromatic heterocycles. The molecule has 0 saturated carbocycles. The van der Waals surface area contributed by atoms with Crippen LogP contribution in [0.3, 0.4) is 0 Å². The van der Waals surface area contributed by atoms with Crippen molar-refractivity contribution in [2.75, 3.05) is 6.54 Å². The minimum absolute atomic E-state index is 0.542. The average Bonchev–Trinajstić information content (AvgIpc) is 2.91. The third-order valence-corrected chi connectivity index (χ3v) is 3.10. The molecule has 18 heavy (non-hydrogen) atoms. The largest absolute Gasteiger partial charge is 0.312 e. The molecule has 3 heteroatoms. The number of aryl methyl sites for hydroxylation is 1. The molecule has 3 nitrogen and oxygen atoms in total. The third kappa shape index (κ3) is 4.34. The lowest BCUT2D eigenvalue weighted by molar-refractivity contribution is 0.475. The molecule has 0 bridgehead atoms. The Morgan fingerprint density at radius 1 is 1.22 bits per heavy atom. The lowest BCUT2D eigenvalue weighted by Crippen LogP contribution is -2.29. The van der Waals surface area contributed by atoms with Crippen LogP contribution in [-0.2, 0) is 13.0 Å². The molecule has 1 atom stereocenters. The molecule has 2 rings (SSSR count). The van der Waals surface area contributed by atoms with Crippen molar-refractivity contribution in [3.05, 3.63) is 54.4 Å². The Kier molecular flexibility index (Phi) is 4.97. The summed E-state index contributed by atoms with van der Waals surface area (Å²) in [5.74, 6) is 0. The molecule has 0 spiro atoms. The SMILES string of the molecule is C[C@@H](CCc1ccccc1)NCCn1cccn1. The Hall–Kier alpha value is -1.61. The normalized spacial score (nSPS) is 12.5. The molecule has 0 amide bonds. The lowest BCUT2D eigenvalue weighted by atomic mass is 10.1. The molecule has 0 aliphatic rings. The van der Waals surface area contributed by atoms with Gasteiger partial charge in [-0.25, -0.2) is 0 Å². The van der Waals surface area contributed by atoms with Crippen LogP contribution in [-0.4, -0.2) is 22.4 Å². The molecule has 0 aliphatic carbocycles. The molecule has 0 fully saturated rings. The van der Waals surface area contributed by atoms with E-state index in [4.69, 9.17) is 0 Å². The van der Waals surface area contributed by atoms with Crippen LogP contribution in [0.1, 0.15) is 18.9 Å². The minimum atomic E-state index is 0.542. The van der Waals surface area contributed by atoms with Crippen LogP contribution >= 0.6 is 0 Å². The molecule has 0 aliphatic heterocycles. The summed E-state index contributed by atoms with van der Waals surface area (Å²) in [6, 6.07) is 13.2. The molecule has 0 unspecified atom stereocenters. The van der Waals surface area contributed by atoms with Gasteiger partial charge in [0.2, 0.25) is 0 Å². The fraction of sp³-hybridized carbons (Fsp3) is 0.400. The first-order valence-electron chi connectivity index (χ1n) is 6.59. The van der Waals surface area contributed by atoms with E-state index in [2.05, 4.69) is 47.7 Å². The van der Waals surface area contributed by atoms with Crippen LogP contribution in [0.2, 0.25) is 0 Å². The van der Waals surface area contributed by atoms with Crippen molar-refractivity contribution in [3.8, 4) is 0 Å². The topological polar surface area (TPSA) is 29.9 Å². The van der Waals surface area contributed by atoms with E-state index in [9.17, 15) is 0 Å². The van der Waals surface area contributed by atoms with Gasteiger partial charge >= 0.3 is 0 Å². The summed E-state index contributed by atoms with van der Waals surface area (Å²) in [6.07, 6.45) is 6.12. The Balaban J connectivity index is 1.62. The van der Waals surface area contributed by atoms with E-state index in [1.807, 2.05) is 23.1 Å². The highest BCUT2D eigenvalue weighted by atomic mass is 15.3. The predicted octanol–water partition coefficient (Wildman–Crippen LogP) is 2.49. The maximum absolute atomic E-state index is 4.18. The number of rotatable bonds is 7. The van der Waals surface area contributed by atoms with Gasteiger partial charge in [-0.05, 0) is 31.4 Å². The van der Waals surface area contributed by atoms with Crippen molar-refractivity contribution < 1.29 is 0 Å². The molecule has 1 N–H and O–H groups in total. The smallest absolute Gasteiger partial charge is 0.0534 e. The summed E-state index contributed by atoms with van der Waals surface area (Å²) in [5.41, 5.74) is 1.42. The van der Waals surface area contributed by atoms with E-state index in [0.717, 1.165) is 19.5 Å². The van der Waals surface area contributed by atoms with Gasteiger partial charge in [0.05, 0.1) is 6.54 Å². The first kappa shape index (κ1) is 12.8. The zero-order valence-corrected chi connectivity index (χ0v) is 10.9. The molecule has 2 aromatic rings. The van der Waals surface area contributed by atoms with Gasteiger partial charge in [0.1, 0.15) is 0 Å². The summed E-state index contributed by atoms with van der Waals surface area (Å²) in [7, 11) is 0. The van der Waals surface area contributed by atoms with Crippen molar-refractivity contribution >= 4 is 0 Å². The van der Waals surface area contributed by atoms with Crippen LogP contribution in [0.15, 0.2) is 48.8 Å². The second kappa shape index (κ2) is 6.97. The number of nitrogens with one attached hydrogen (secondary N) is 1. The van der Waals surface area contributed by atoms with Gasteiger partial charge < -0.3 is 5.32 Å². The zero-order chi connectivity index (χ0) is 12.6. The van der Waals surface area contributed by atoms with Crippen LogP contribution < -0.4 is 5.32 Å². The summed E-state index contributed by atoms with van der Waals surface area (Å²) in [5, 5.41) is 7.71. The Morgan fingerprint density at radius 2 is 2.06 bits per heavy atom. The first-order valence-corrected chi connectivity index (χ1v) is 6.59. The fourth-order valence-corrected chi connectivity index (χ4v) is 1.99. The van der Waals surface area contributed by atoms with Gasteiger partial charge in [0.25, 0.3) is 0 Å². The number of hydrogen-bond acceptors (Lipinski definition) is 2. The molecule has 1 heterocycles. The maximum Gasteiger partial charge on any atom is 0.0534 e. The fourth-order valence-electron chi connectivity index (χ4n) is 1.99. The van der Waals surface area contributed by atoms with Gasteiger partial charge in [-0.3, -0.25) is 4.68 Å². The van der Waals surface area contributed by atoms with Crippen LogP contribution in [0, 0.1) is 0 Å². The molecular weight excluding hydrogens is 222 g/mol. The minimum Gasteiger partial charge on any atom is -0.312 e. The van der Waals surface area contributed by atoms with Gasteiger partial charge in [-0.2, -0.15) is 5.10 Å². The summed E-state index contributed by atoms with van der Waals surface area (Å²) in [4.78, 5) is 0. The van der Waals surface area contributed by atoms with Gasteiger partial charge in [-0.1, -0.05) is 30.3 Å². The van der Waals surface area contributed by atoms with Crippen molar-refractivity contribution in [3.63, 3.8) is 0 Å². The van der Waals surface area contributed by atoms with Crippen LogP contribution in [0.25, 0.3) is 0 Å². The lowest BCUT2D eigenvalue weighted by Gasteiger charge is -2.13. The van der Waals surface area contributed by atoms with Crippen molar-refractivity contribution in [1.82, 2.24) is 15.1 Å². The van der Waals surface area contributed by atoms with Crippen molar-refractivity contribution in [2.24, 2.45) is 0 Å². The third-order valence-electron chi connectivity index (χ3n) is 3.10. The quantitative estimate of drug-likeness (QED) is 0.809. The van der Waals surface area contributed by atoms with Crippen LogP contribution in [0.4, 0.5) is 0 Å². The molecule has 0 saturated heterocycles. The molecule has 0 radical (unpaired) electrons. The molecular formula is C15H21N3. The highest BCUT2D eigenvalue weighted by Gasteiger charge is 2.01. The zero-order valence-electron chi connectivity index (χ0n) is 10.9. The number of nitrogens with zero attached hydrogens (tertiary/aromatic N) is 2. The number of benzene rings is 1. The van der Waals surface area contributed by atoms with Gasteiger partial charge in [0, 0.05) is 25.0 Å². The van der Waals surface area contributed by atoms with Crippen molar-refractivity contribution in [2.45, 2.75) is 32.4 Å². The average molecular weight is 243 g/mol. The van der Waals surface area contributed by atoms with E-state index < -0.39 is 0 Å². The van der Waals surface area contributed by atoms with Crippen LogP contribution in [0.5, 0.6) is 0 Å². The van der Waals surface area contributed by atoms with E-state index >= 15 is 0 Å². The Bertz CT molecular complexity index is 422. The summed E-state index contributed by atoms with van der Waals surface area (Å²) >= 11 is 0. The summed E-state index contributed by atoms with van der Waals surface area (Å²) in [6.45, 7) is 4.15.